The number of aryl methyl sites for hydroxylation is 1. The SMILES string of the molecule is C=Cc1ccc2ccc3ccc(C)nc3c2n1. The highest BCUT2D eigenvalue weighted by Crippen LogP contribution is 2.23. The van der Waals surface area contributed by atoms with E-state index < -0.39 is 0 Å². The summed E-state index contributed by atoms with van der Waals surface area (Å²) in [5.41, 5.74) is 3.80. The molecule has 0 atom stereocenters. The van der Waals surface area contributed by atoms with Gasteiger partial charge in [-0.2, -0.15) is 0 Å². The molecule has 0 N–H and O–H groups in total. The van der Waals surface area contributed by atoms with Crippen LogP contribution in [0.1, 0.15) is 11.4 Å². The number of rotatable bonds is 1. The van der Waals surface area contributed by atoms with Crippen molar-refractivity contribution in [1.82, 2.24) is 9.97 Å². The van der Waals surface area contributed by atoms with Crippen molar-refractivity contribution in [3.63, 3.8) is 0 Å². The Hall–Kier alpha value is -2.22. The Morgan fingerprint density at radius 1 is 0.882 bits per heavy atom. The molecule has 2 aromatic heterocycles. The standard InChI is InChI=1S/C15H12N2/c1-3-13-9-8-12-7-6-11-5-4-10(2)16-14(11)15(12)17-13/h3-9H,1H2,2H3. The lowest BCUT2D eigenvalue weighted by molar-refractivity contribution is 1.25. The summed E-state index contributed by atoms with van der Waals surface area (Å²) in [6.45, 7) is 5.75. The quantitative estimate of drug-likeness (QED) is 0.584. The monoisotopic (exact) mass is 220 g/mol. The second-order valence-corrected chi connectivity index (χ2v) is 4.10. The van der Waals surface area contributed by atoms with Crippen molar-refractivity contribution in [2.75, 3.05) is 0 Å². The van der Waals surface area contributed by atoms with Crippen molar-refractivity contribution in [3.8, 4) is 0 Å². The van der Waals surface area contributed by atoms with Crippen LogP contribution in [-0.2, 0) is 0 Å². The van der Waals surface area contributed by atoms with E-state index in [0.29, 0.717) is 0 Å². The van der Waals surface area contributed by atoms with Crippen LogP contribution in [0.5, 0.6) is 0 Å². The van der Waals surface area contributed by atoms with Crippen molar-refractivity contribution in [1.29, 1.82) is 0 Å². The second-order valence-electron chi connectivity index (χ2n) is 4.10. The van der Waals surface area contributed by atoms with Crippen LogP contribution >= 0.6 is 0 Å². The topological polar surface area (TPSA) is 25.8 Å². The highest BCUT2D eigenvalue weighted by atomic mass is 14.8. The molecule has 0 radical (unpaired) electrons. The summed E-state index contributed by atoms with van der Waals surface area (Å²) < 4.78 is 0. The van der Waals surface area contributed by atoms with Gasteiger partial charge in [0.15, 0.2) is 0 Å². The van der Waals surface area contributed by atoms with Crippen LogP contribution in [0.15, 0.2) is 43.0 Å². The predicted molar refractivity (Wildman–Crippen MR) is 71.9 cm³/mol. The molecule has 0 fully saturated rings. The molecular weight excluding hydrogens is 208 g/mol. The maximum Gasteiger partial charge on any atom is 0.0971 e. The summed E-state index contributed by atoms with van der Waals surface area (Å²) in [4.78, 5) is 9.16. The fourth-order valence-electron chi connectivity index (χ4n) is 1.99. The summed E-state index contributed by atoms with van der Waals surface area (Å²) in [6, 6.07) is 12.3. The average molecular weight is 220 g/mol. The number of benzene rings is 1. The average Bonchev–Trinajstić information content (AvgIpc) is 2.38. The van der Waals surface area contributed by atoms with Crippen LogP contribution in [0, 0.1) is 6.92 Å². The van der Waals surface area contributed by atoms with Gasteiger partial charge in [0, 0.05) is 16.5 Å². The van der Waals surface area contributed by atoms with E-state index in [1.54, 1.807) is 6.08 Å². The van der Waals surface area contributed by atoms with Crippen molar-refractivity contribution in [2.24, 2.45) is 0 Å². The fraction of sp³-hybridized carbons (Fsp3) is 0.0667. The first-order valence-corrected chi connectivity index (χ1v) is 5.57. The molecule has 3 rings (SSSR count). The summed E-state index contributed by atoms with van der Waals surface area (Å²) in [7, 11) is 0. The van der Waals surface area contributed by atoms with Gasteiger partial charge in [-0.3, -0.25) is 4.98 Å². The molecule has 0 aliphatic heterocycles. The van der Waals surface area contributed by atoms with Crippen molar-refractivity contribution >= 4 is 27.9 Å². The molecule has 3 aromatic rings. The molecule has 1 aromatic carbocycles. The number of pyridine rings is 2. The van der Waals surface area contributed by atoms with Gasteiger partial charge >= 0.3 is 0 Å². The molecule has 0 spiro atoms. The van der Waals surface area contributed by atoms with Gasteiger partial charge in [0.1, 0.15) is 0 Å². The molecule has 0 saturated heterocycles. The maximum atomic E-state index is 4.58. The first-order valence-electron chi connectivity index (χ1n) is 5.57. The van der Waals surface area contributed by atoms with Gasteiger partial charge < -0.3 is 0 Å². The Bertz CT molecular complexity index is 729. The van der Waals surface area contributed by atoms with Crippen molar-refractivity contribution < 1.29 is 0 Å². The van der Waals surface area contributed by atoms with E-state index in [4.69, 9.17) is 0 Å². The highest BCUT2D eigenvalue weighted by Gasteiger charge is 2.03. The molecule has 0 aliphatic rings. The van der Waals surface area contributed by atoms with E-state index in [9.17, 15) is 0 Å². The third kappa shape index (κ3) is 1.58. The van der Waals surface area contributed by atoms with Gasteiger partial charge in [-0.1, -0.05) is 30.8 Å². The summed E-state index contributed by atoms with van der Waals surface area (Å²) in [5.74, 6) is 0. The number of fused-ring (bicyclic) bond motifs is 3. The van der Waals surface area contributed by atoms with Crippen LogP contribution in [-0.4, -0.2) is 9.97 Å². The lowest BCUT2D eigenvalue weighted by atomic mass is 10.1. The zero-order valence-corrected chi connectivity index (χ0v) is 9.64. The molecule has 2 heteroatoms. The van der Waals surface area contributed by atoms with Crippen LogP contribution < -0.4 is 0 Å². The van der Waals surface area contributed by atoms with Crippen molar-refractivity contribution in [2.45, 2.75) is 6.92 Å². The molecule has 0 aliphatic carbocycles. The maximum absolute atomic E-state index is 4.58. The van der Waals surface area contributed by atoms with Gasteiger partial charge in [0.05, 0.1) is 16.7 Å². The normalized spacial score (nSPS) is 10.9. The molecule has 17 heavy (non-hydrogen) atoms. The second kappa shape index (κ2) is 3.67. The Labute approximate surface area is 99.6 Å². The highest BCUT2D eigenvalue weighted by molar-refractivity contribution is 6.02. The minimum atomic E-state index is 0.883. The van der Waals surface area contributed by atoms with E-state index in [1.165, 1.54) is 0 Å². The minimum Gasteiger partial charge on any atom is -0.251 e. The molecular formula is C15H12N2. The number of hydrogen-bond acceptors (Lipinski definition) is 2. The van der Waals surface area contributed by atoms with Crippen LogP contribution in [0.4, 0.5) is 0 Å². The predicted octanol–water partition coefficient (Wildman–Crippen LogP) is 3.73. The third-order valence-electron chi connectivity index (χ3n) is 2.89. The first kappa shape index (κ1) is 9.97. The smallest absolute Gasteiger partial charge is 0.0971 e. The Kier molecular flexibility index (Phi) is 2.15. The molecule has 2 heterocycles. The van der Waals surface area contributed by atoms with E-state index in [-0.39, 0.29) is 0 Å². The third-order valence-corrected chi connectivity index (χ3v) is 2.89. The van der Waals surface area contributed by atoms with Gasteiger partial charge in [-0.15, -0.1) is 0 Å². The summed E-state index contributed by atoms with van der Waals surface area (Å²) >= 11 is 0. The molecule has 0 bridgehead atoms. The van der Waals surface area contributed by atoms with Gasteiger partial charge in [-0.05, 0) is 25.1 Å². The van der Waals surface area contributed by atoms with E-state index in [1.807, 2.05) is 19.1 Å². The van der Waals surface area contributed by atoms with Gasteiger partial charge in [-0.25, -0.2) is 4.98 Å². The van der Waals surface area contributed by atoms with Gasteiger partial charge in [0.2, 0.25) is 0 Å². The lowest BCUT2D eigenvalue weighted by Gasteiger charge is -2.04. The van der Waals surface area contributed by atoms with Crippen LogP contribution in [0.2, 0.25) is 0 Å². The number of hydrogen-bond donors (Lipinski definition) is 0. The molecule has 82 valence electrons. The fourth-order valence-corrected chi connectivity index (χ4v) is 1.99. The molecule has 0 saturated carbocycles. The molecule has 0 unspecified atom stereocenters. The number of aromatic nitrogens is 2. The Morgan fingerprint density at radius 2 is 1.47 bits per heavy atom. The number of nitrogens with zero attached hydrogens (tertiary/aromatic N) is 2. The molecule has 0 amide bonds. The largest absolute Gasteiger partial charge is 0.251 e. The molecule has 2 nitrogen and oxygen atoms in total. The summed E-state index contributed by atoms with van der Waals surface area (Å²) in [5, 5.41) is 2.23. The Balaban J connectivity index is 2.51. The lowest BCUT2D eigenvalue weighted by Crippen LogP contribution is -1.89. The Morgan fingerprint density at radius 3 is 2.18 bits per heavy atom. The van der Waals surface area contributed by atoms with E-state index in [0.717, 1.165) is 33.2 Å². The van der Waals surface area contributed by atoms with Crippen LogP contribution in [0.3, 0.4) is 0 Å². The van der Waals surface area contributed by atoms with Crippen molar-refractivity contribution in [3.05, 3.63) is 54.4 Å². The zero-order valence-electron chi connectivity index (χ0n) is 9.64. The minimum absolute atomic E-state index is 0.883. The first-order chi connectivity index (χ1) is 8.28. The summed E-state index contributed by atoms with van der Waals surface area (Å²) in [6.07, 6.45) is 1.76. The van der Waals surface area contributed by atoms with Gasteiger partial charge in [0.25, 0.3) is 0 Å². The van der Waals surface area contributed by atoms with E-state index in [2.05, 4.69) is 40.8 Å². The zero-order chi connectivity index (χ0) is 11.8. The van der Waals surface area contributed by atoms with E-state index >= 15 is 0 Å². The van der Waals surface area contributed by atoms with Crippen LogP contribution in [0.25, 0.3) is 27.9 Å².